The van der Waals surface area contributed by atoms with Gasteiger partial charge in [0.05, 0.1) is 4.83 Å². The van der Waals surface area contributed by atoms with Crippen molar-refractivity contribution in [2.24, 2.45) is 0 Å². The Bertz CT molecular complexity index is 751. The molecule has 102 valence electrons. The van der Waals surface area contributed by atoms with Crippen molar-refractivity contribution in [2.75, 3.05) is 0 Å². The molecule has 2 aromatic carbocycles. The molecule has 0 fully saturated rings. The van der Waals surface area contributed by atoms with Crippen molar-refractivity contribution < 1.29 is 0 Å². The first-order chi connectivity index (χ1) is 9.58. The van der Waals surface area contributed by atoms with Gasteiger partial charge in [0.1, 0.15) is 0 Å². The summed E-state index contributed by atoms with van der Waals surface area (Å²) in [4.78, 5) is 3.06. The first-order valence-electron chi connectivity index (χ1n) is 6.77. The van der Waals surface area contributed by atoms with Crippen molar-refractivity contribution in [3.63, 3.8) is 0 Å². The molecule has 0 aliphatic carbocycles. The molecule has 1 aromatic heterocycles. The Kier molecular flexibility index (Phi) is 3.70. The SMILES string of the molecule is Cc1cc(C(Br)c2c(C)ccc3ccccc23)sc1C. The summed E-state index contributed by atoms with van der Waals surface area (Å²) in [6.45, 7) is 6.58. The zero-order chi connectivity index (χ0) is 14.3. The molecule has 0 aliphatic heterocycles. The van der Waals surface area contributed by atoms with Gasteiger partial charge in [-0.25, -0.2) is 0 Å². The molecule has 0 radical (unpaired) electrons. The van der Waals surface area contributed by atoms with E-state index < -0.39 is 0 Å². The van der Waals surface area contributed by atoms with Crippen LogP contribution in [0.5, 0.6) is 0 Å². The average molecular weight is 345 g/mol. The third-order valence-electron chi connectivity index (χ3n) is 3.88. The van der Waals surface area contributed by atoms with Crippen LogP contribution < -0.4 is 0 Å². The quantitative estimate of drug-likeness (QED) is 0.477. The average Bonchev–Trinajstić information content (AvgIpc) is 2.78. The zero-order valence-electron chi connectivity index (χ0n) is 11.9. The summed E-state index contributed by atoms with van der Waals surface area (Å²) in [7, 11) is 0. The summed E-state index contributed by atoms with van der Waals surface area (Å²) in [6, 6.07) is 15.4. The Morgan fingerprint density at radius 3 is 2.40 bits per heavy atom. The number of thiophene rings is 1. The summed E-state index contributed by atoms with van der Waals surface area (Å²) in [5.74, 6) is 0. The topological polar surface area (TPSA) is 0 Å². The van der Waals surface area contributed by atoms with Crippen LogP contribution in [0.15, 0.2) is 42.5 Å². The fraction of sp³-hybridized carbons (Fsp3) is 0.222. The molecule has 0 aliphatic rings. The van der Waals surface area contributed by atoms with Crippen molar-refractivity contribution in [3.8, 4) is 0 Å². The lowest BCUT2D eigenvalue weighted by Gasteiger charge is -2.15. The number of aryl methyl sites for hydroxylation is 3. The van der Waals surface area contributed by atoms with E-state index in [9.17, 15) is 0 Å². The Balaban J connectivity index is 2.20. The van der Waals surface area contributed by atoms with E-state index in [0.717, 1.165) is 0 Å². The van der Waals surface area contributed by atoms with Gasteiger partial charge in [0.25, 0.3) is 0 Å². The van der Waals surface area contributed by atoms with Crippen molar-refractivity contribution in [1.29, 1.82) is 0 Å². The Labute approximate surface area is 132 Å². The van der Waals surface area contributed by atoms with Crippen molar-refractivity contribution in [1.82, 2.24) is 0 Å². The highest BCUT2D eigenvalue weighted by molar-refractivity contribution is 9.09. The summed E-state index contributed by atoms with van der Waals surface area (Å²) in [5.41, 5.74) is 4.12. The van der Waals surface area contributed by atoms with Crippen LogP contribution in [0.25, 0.3) is 10.8 Å². The lowest BCUT2D eigenvalue weighted by atomic mass is 9.96. The predicted molar refractivity (Wildman–Crippen MR) is 93.2 cm³/mol. The number of fused-ring (bicyclic) bond motifs is 1. The molecule has 1 atom stereocenters. The standard InChI is InChI=1S/C18H17BrS/c1-11-8-9-14-6-4-5-7-15(14)17(11)18(19)16-10-12(2)13(3)20-16/h4-10,18H,1-3H3. The number of hydrogen-bond donors (Lipinski definition) is 0. The second-order valence-electron chi connectivity index (χ2n) is 5.27. The van der Waals surface area contributed by atoms with Gasteiger partial charge in [0.2, 0.25) is 0 Å². The van der Waals surface area contributed by atoms with Gasteiger partial charge >= 0.3 is 0 Å². The molecule has 2 heteroatoms. The van der Waals surface area contributed by atoms with E-state index in [2.05, 4.69) is 79.2 Å². The van der Waals surface area contributed by atoms with Crippen LogP contribution in [0.3, 0.4) is 0 Å². The van der Waals surface area contributed by atoms with Crippen molar-refractivity contribution >= 4 is 38.0 Å². The minimum absolute atomic E-state index is 0.269. The third-order valence-corrected chi connectivity index (χ3v) is 6.35. The highest BCUT2D eigenvalue weighted by Gasteiger charge is 2.18. The maximum absolute atomic E-state index is 3.92. The Morgan fingerprint density at radius 2 is 1.70 bits per heavy atom. The van der Waals surface area contributed by atoms with Crippen LogP contribution in [0.4, 0.5) is 0 Å². The molecule has 0 saturated heterocycles. The van der Waals surface area contributed by atoms with Crippen LogP contribution in [0.1, 0.15) is 31.3 Å². The number of alkyl halides is 1. The molecule has 1 unspecified atom stereocenters. The molecule has 20 heavy (non-hydrogen) atoms. The third kappa shape index (κ3) is 2.32. The Hall–Kier alpha value is -1.12. The van der Waals surface area contributed by atoms with Crippen LogP contribution in [-0.2, 0) is 0 Å². The van der Waals surface area contributed by atoms with Gasteiger partial charge in [-0.2, -0.15) is 0 Å². The van der Waals surface area contributed by atoms with Gasteiger partial charge in [-0.3, -0.25) is 0 Å². The van der Waals surface area contributed by atoms with E-state index in [-0.39, 0.29) is 4.83 Å². The van der Waals surface area contributed by atoms with Crippen LogP contribution in [0, 0.1) is 20.8 Å². The summed E-state index contributed by atoms with van der Waals surface area (Å²) >= 11 is 5.81. The largest absolute Gasteiger partial charge is 0.144 e. The maximum atomic E-state index is 3.92. The van der Waals surface area contributed by atoms with Crippen molar-refractivity contribution in [3.05, 3.63) is 68.9 Å². The van der Waals surface area contributed by atoms with E-state index in [0.29, 0.717) is 0 Å². The molecule has 0 spiro atoms. The minimum Gasteiger partial charge on any atom is -0.144 e. The predicted octanol–water partition coefficient (Wildman–Crippen LogP) is 6.31. The van der Waals surface area contributed by atoms with E-state index >= 15 is 0 Å². The Morgan fingerprint density at radius 1 is 0.950 bits per heavy atom. The van der Waals surface area contributed by atoms with Gasteiger partial charge in [0, 0.05) is 9.75 Å². The molecule has 3 rings (SSSR count). The molecular weight excluding hydrogens is 328 g/mol. The molecule has 3 aromatic rings. The molecule has 0 N–H and O–H groups in total. The van der Waals surface area contributed by atoms with Crippen molar-refractivity contribution in [2.45, 2.75) is 25.6 Å². The maximum Gasteiger partial charge on any atom is 0.0746 e. The van der Waals surface area contributed by atoms with Gasteiger partial charge in [-0.15, -0.1) is 11.3 Å². The monoisotopic (exact) mass is 344 g/mol. The molecule has 0 bridgehead atoms. The van der Waals surface area contributed by atoms with E-state index in [1.165, 1.54) is 37.2 Å². The first kappa shape index (κ1) is 13.8. The molecule has 0 amide bonds. The summed E-state index contributed by atoms with van der Waals surface area (Å²) in [6.07, 6.45) is 0. The molecule has 1 heterocycles. The fourth-order valence-corrected chi connectivity index (χ4v) is 4.66. The lowest BCUT2D eigenvalue weighted by Crippen LogP contribution is -1.95. The highest BCUT2D eigenvalue weighted by atomic mass is 79.9. The second-order valence-corrected chi connectivity index (χ2v) is 7.47. The molecule has 0 saturated carbocycles. The van der Waals surface area contributed by atoms with Gasteiger partial charge < -0.3 is 0 Å². The smallest absolute Gasteiger partial charge is 0.0746 e. The highest BCUT2D eigenvalue weighted by Crippen LogP contribution is 2.41. The minimum atomic E-state index is 0.269. The first-order valence-corrected chi connectivity index (χ1v) is 8.50. The van der Waals surface area contributed by atoms with Gasteiger partial charge in [0.15, 0.2) is 0 Å². The summed E-state index contributed by atoms with van der Waals surface area (Å²) < 4.78 is 0. The number of hydrogen-bond acceptors (Lipinski definition) is 1. The number of halogens is 1. The number of rotatable bonds is 2. The van der Waals surface area contributed by atoms with Gasteiger partial charge in [-0.05, 0) is 54.3 Å². The molecule has 0 nitrogen and oxygen atoms in total. The van der Waals surface area contributed by atoms with Crippen LogP contribution in [0.2, 0.25) is 0 Å². The van der Waals surface area contributed by atoms with Crippen LogP contribution >= 0.6 is 27.3 Å². The second kappa shape index (κ2) is 5.34. The van der Waals surface area contributed by atoms with E-state index in [4.69, 9.17) is 0 Å². The lowest BCUT2D eigenvalue weighted by molar-refractivity contribution is 1.20. The van der Waals surface area contributed by atoms with E-state index in [1.807, 2.05) is 11.3 Å². The fourth-order valence-electron chi connectivity index (χ4n) is 2.61. The van der Waals surface area contributed by atoms with Gasteiger partial charge in [-0.1, -0.05) is 52.3 Å². The van der Waals surface area contributed by atoms with Crippen LogP contribution in [-0.4, -0.2) is 0 Å². The summed E-state index contributed by atoms with van der Waals surface area (Å²) in [5, 5.41) is 2.65. The van der Waals surface area contributed by atoms with E-state index in [1.54, 1.807) is 0 Å². The zero-order valence-corrected chi connectivity index (χ0v) is 14.3. The number of benzene rings is 2. The normalized spacial score (nSPS) is 12.8. The molecular formula is C18H17BrS.